The van der Waals surface area contributed by atoms with E-state index in [0.29, 0.717) is 17.9 Å². The molecule has 0 aliphatic rings. The standard InChI is InChI=1S/C19H17FN2O4/c1-2-25-17-6-4-3-5-15(17)19(24)22-11-18(23)26-12-14-9-13(10-21)7-8-16(14)20/h3-9H,2,11-12H2,1H3,(H,22,24). The van der Waals surface area contributed by atoms with Gasteiger partial charge in [-0.15, -0.1) is 0 Å². The first kappa shape index (κ1) is 18.9. The minimum atomic E-state index is -0.728. The number of para-hydroxylation sites is 1. The van der Waals surface area contributed by atoms with Crippen molar-refractivity contribution in [3.05, 3.63) is 65.0 Å². The van der Waals surface area contributed by atoms with Gasteiger partial charge in [0, 0.05) is 5.56 Å². The van der Waals surface area contributed by atoms with Crippen molar-refractivity contribution in [2.45, 2.75) is 13.5 Å². The average Bonchev–Trinajstić information content (AvgIpc) is 2.66. The minimum Gasteiger partial charge on any atom is -0.493 e. The molecule has 2 aromatic rings. The number of hydrogen-bond donors (Lipinski definition) is 1. The van der Waals surface area contributed by atoms with Gasteiger partial charge >= 0.3 is 5.97 Å². The Kier molecular flexibility index (Phi) is 6.68. The van der Waals surface area contributed by atoms with Gasteiger partial charge in [0.1, 0.15) is 24.7 Å². The summed E-state index contributed by atoms with van der Waals surface area (Å²) >= 11 is 0. The van der Waals surface area contributed by atoms with Crippen molar-refractivity contribution in [3.63, 3.8) is 0 Å². The van der Waals surface area contributed by atoms with Gasteiger partial charge in [0.25, 0.3) is 5.91 Å². The van der Waals surface area contributed by atoms with Crippen molar-refractivity contribution >= 4 is 11.9 Å². The van der Waals surface area contributed by atoms with E-state index in [2.05, 4.69) is 5.32 Å². The Morgan fingerprint density at radius 1 is 1.23 bits per heavy atom. The second-order valence-electron chi connectivity index (χ2n) is 5.19. The summed E-state index contributed by atoms with van der Waals surface area (Å²) in [6, 6.07) is 12.3. The van der Waals surface area contributed by atoms with Gasteiger partial charge in [-0.25, -0.2) is 4.39 Å². The molecule has 7 heteroatoms. The van der Waals surface area contributed by atoms with Crippen LogP contribution in [-0.2, 0) is 16.1 Å². The van der Waals surface area contributed by atoms with Crippen LogP contribution in [0.2, 0.25) is 0 Å². The number of hydrogen-bond acceptors (Lipinski definition) is 5. The van der Waals surface area contributed by atoms with Crippen molar-refractivity contribution in [3.8, 4) is 11.8 Å². The van der Waals surface area contributed by atoms with Crippen LogP contribution in [0.1, 0.15) is 28.4 Å². The predicted octanol–water partition coefficient (Wildman–Crippen LogP) is 2.57. The van der Waals surface area contributed by atoms with Gasteiger partial charge in [-0.3, -0.25) is 9.59 Å². The average molecular weight is 356 g/mol. The molecule has 0 aromatic heterocycles. The molecule has 0 aliphatic carbocycles. The number of amides is 1. The quantitative estimate of drug-likeness (QED) is 0.770. The summed E-state index contributed by atoms with van der Waals surface area (Å²) in [6.45, 7) is 1.50. The lowest BCUT2D eigenvalue weighted by atomic mass is 10.1. The second kappa shape index (κ2) is 9.18. The van der Waals surface area contributed by atoms with Gasteiger partial charge in [0.2, 0.25) is 0 Å². The molecule has 1 N–H and O–H groups in total. The van der Waals surface area contributed by atoms with E-state index in [1.165, 1.54) is 12.1 Å². The highest BCUT2D eigenvalue weighted by molar-refractivity contribution is 5.98. The molecule has 2 aromatic carbocycles. The van der Waals surface area contributed by atoms with Gasteiger partial charge in [-0.05, 0) is 37.3 Å². The SMILES string of the molecule is CCOc1ccccc1C(=O)NCC(=O)OCc1cc(C#N)ccc1F. The molecule has 26 heavy (non-hydrogen) atoms. The van der Waals surface area contributed by atoms with Crippen molar-refractivity contribution in [1.82, 2.24) is 5.32 Å². The van der Waals surface area contributed by atoms with E-state index >= 15 is 0 Å². The molecule has 0 saturated carbocycles. The lowest BCUT2D eigenvalue weighted by Gasteiger charge is -2.10. The molecule has 2 rings (SSSR count). The number of ether oxygens (including phenoxy) is 2. The van der Waals surface area contributed by atoms with E-state index in [1.54, 1.807) is 31.2 Å². The van der Waals surface area contributed by atoms with Crippen LogP contribution in [-0.4, -0.2) is 25.0 Å². The third-order valence-electron chi connectivity index (χ3n) is 3.39. The largest absolute Gasteiger partial charge is 0.493 e. The smallest absolute Gasteiger partial charge is 0.325 e. The molecular formula is C19H17FN2O4. The van der Waals surface area contributed by atoms with Crippen molar-refractivity contribution in [1.29, 1.82) is 5.26 Å². The zero-order chi connectivity index (χ0) is 18.9. The van der Waals surface area contributed by atoms with Crippen LogP contribution < -0.4 is 10.1 Å². The molecule has 0 spiro atoms. The lowest BCUT2D eigenvalue weighted by Crippen LogP contribution is -2.31. The molecule has 134 valence electrons. The number of carbonyl (C=O) groups excluding carboxylic acids is 2. The van der Waals surface area contributed by atoms with E-state index in [9.17, 15) is 14.0 Å². The van der Waals surface area contributed by atoms with Crippen molar-refractivity contribution in [2.75, 3.05) is 13.2 Å². The molecule has 0 bridgehead atoms. The fourth-order valence-corrected chi connectivity index (χ4v) is 2.15. The van der Waals surface area contributed by atoms with Crippen LogP contribution in [0.5, 0.6) is 5.75 Å². The molecule has 0 radical (unpaired) electrons. The Balaban J connectivity index is 1.89. The number of halogens is 1. The summed E-state index contributed by atoms with van der Waals surface area (Å²) in [5.74, 6) is -1.37. The summed E-state index contributed by atoms with van der Waals surface area (Å²) in [5, 5.41) is 11.2. The van der Waals surface area contributed by atoms with E-state index in [4.69, 9.17) is 14.7 Å². The maximum Gasteiger partial charge on any atom is 0.325 e. The fourth-order valence-electron chi connectivity index (χ4n) is 2.15. The molecule has 0 heterocycles. The molecule has 0 unspecified atom stereocenters. The Morgan fingerprint density at radius 3 is 2.73 bits per heavy atom. The normalized spacial score (nSPS) is 9.88. The predicted molar refractivity (Wildman–Crippen MR) is 90.9 cm³/mol. The molecular weight excluding hydrogens is 339 g/mol. The van der Waals surface area contributed by atoms with E-state index in [-0.39, 0.29) is 24.3 Å². The number of nitrogens with one attached hydrogen (secondary N) is 1. The number of nitriles is 1. The van der Waals surface area contributed by atoms with Crippen LogP contribution in [0.4, 0.5) is 4.39 Å². The first-order chi connectivity index (χ1) is 12.5. The molecule has 6 nitrogen and oxygen atoms in total. The number of esters is 1. The Morgan fingerprint density at radius 2 is 2.00 bits per heavy atom. The summed E-state index contributed by atoms with van der Waals surface area (Å²) in [4.78, 5) is 23.9. The van der Waals surface area contributed by atoms with Crippen LogP contribution in [0.25, 0.3) is 0 Å². The molecule has 0 atom stereocenters. The minimum absolute atomic E-state index is 0.0883. The zero-order valence-corrected chi connectivity index (χ0v) is 14.1. The van der Waals surface area contributed by atoms with Crippen LogP contribution in [0.3, 0.4) is 0 Å². The molecule has 1 amide bonds. The number of carbonyl (C=O) groups is 2. The van der Waals surface area contributed by atoms with E-state index < -0.39 is 17.7 Å². The molecule has 0 aliphatic heterocycles. The highest BCUT2D eigenvalue weighted by Crippen LogP contribution is 2.17. The highest BCUT2D eigenvalue weighted by atomic mass is 19.1. The molecule has 0 saturated heterocycles. The first-order valence-corrected chi connectivity index (χ1v) is 7.89. The third kappa shape index (κ3) is 5.05. The summed E-state index contributed by atoms with van der Waals surface area (Å²) in [5.41, 5.74) is 0.651. The first-order valence-electron chi connectivity index (χ1n) is 7.89. The summed E-state index contributed by atoms with van der Waals surface area (Å²) < 4.78 is 23.9. The summed E-state index contributed by atoms with van der Waals surface area (Å²) in [7, 11) is 0. The van der Waals surface area contributed by atoms with Crippen molar-refractivity contribution < 1.29 is 23.5 Å². The van der Waals surface area contributed by atoms with Gasteiger partial charge in [0.15, 0.2) is 0 Å². The maximum absolute atomic E-state index is 13.6. The third-order valence-corrected chi connectivity index (χ3v) is 3.39. The monoisotopic (exact) mass is 356 g/mol. The van der Waals surface area contributed by atoms with Crippen LogP contribution in [0, 0.1) is 17.1 Å². The molecule has 0 fully saturated rings. The highest BCUT2D eigenvalue weighted by Gasteiger charge is 2.14. The lowest BCUT2D eigenvalue weighted by molar-refractivity contribution is -0.143. The number of benzene rings is 2. The Labute approximate surface area is 150 Å². The van der Waals surface area contributed by atoms with E-state index in [0.717, 1.165) is 6.07 Å². The van der Waals surface area contributed by atoms with Crippen LogP contribution >= 0.6 is 0 Å². The van der Waals surface area contributed by atoms with Gasteiger partial charge in [0.05, 0.1) is 23.8 Å². The van der Waals surface area contributed by atoms with Crippen molar-refractivity contribution in [2.24, 2.45) is 0 Å². The van der Waals surface area contributed by atoms with Gasteiger partial charge in [-0.1, -0.05) is 12.1 Å². The maximum atomic E-state index is 13.6. The number of rotatable bonds is 7. The zero-order valence-electron chi connectivity index (χ0n) is 14.1. The number of nitrogens with zero attached hydrogens (tertiary/aromatic N) is 1. The van der Waals surface area contributed by atoms with E-state index in [1.807, 2.05) is 6.07 Å². The van der Waals surface area contributed by atoms with Gasteiger partial charge < -0.3 is 14.8 Å². The Hall–Kier alpha value is -3.40. The summed E-state index contributed by atoms with van der Waals surface area (Å²) in [6.07, 6.45) is 0. The second-order valence-corrected chi connectivity index (χ2v) is 5.19. The topological polar surface area (TPSA) is 88.4 Å². The fraction of sp³-hybridized carbons (Fsp3) is 0.211. The van der Waals surface area contributed by atoms with Gasteiger partial charge in [-0.2, -0.15) is 5.26 Å². The Bertz CT molecular complexity index is 846. The van der Waals surface area contributed by atoms with Crippen LogP contribution in [0.15, 0.2) is 42.5 Å².